The molecule has 5 heteroatoms. The lowest BCUT2D eigenvalue weighted by molar-refractivity contribution is 0.00336. The van der Waals surface area contributed by atoms with Gasteiger partial charge in [-0.25, -0.2) is 4.98 Å². The molecule has 1 unspecified atom stereocenters. The first-order chi connectivity index (χ1) is 9.48. The quantitative estimate of drug-likeness (QED) is 0.866. The molecule has 1 saturated heterocycles. The second-order valence-electron chi connectivity index (χ2n) is 6.25. The normalized spacial score (nSPS) is 20.2. The van der Waals surface area contributed by atoms with Crippen LogP contribution in [0, 0.1) is 0 Å². The van der Waals surface area contributed by atoms with Gasteiger partial charge in [-0.15, -0.1) is 0 Å². The van der Waals surface area contributed by atoms with Gasteiger partial charge in [0.2, 0.25) is 0 Å². The number of morpholine rings is 1. The van der Waals surface area contributed by atoms with Gasteiger partial charge in [0.15, 0.2) is 0 Å². The summed E-state index contributed by atoms with van der Waals surface area (Å²) in [6.07, 6.45) is 1.81. The average Bonchev–Trinajstić information content (AvgIpc) is 2.45. The average molecular weight is 279 g/mol. The van der Waals surface area contributed by atoms with E-state index in [1.165, 1.54) is 5.56 Å². The van der Waals surface area contributed by atoms with E-state index >= 15 is 0 Å². The zero-order valence-corrected chi connectivity index (χ0v) is 12.6. The van der Waals surface area contributed by atoms with Crippen molar-refractivity contribution >= 4 is 5.82 Å². The molecule has 0 spiro atoms. The minimum absolute atomic E-state index is 0.0596. The van der Waals surface area contributed by atoms with Crippen LogP contribution in [0.5, 0.6) is 0 Å². The zero-order valence-electron chi connectivity index (χ0n) is 12.6. The second-order valence-corrected chi connectivity index (χ2v) is 6.25. The van der Waals surface area contributed by atoms with E-state index in [0.29, 0.717) is 13.2 Å². The lowest BCUT2D eigenvalue weighted by Gasteiger charge is -2.32. The van der Waals surface area contributed by atoms with Crippen LogP contribution in [0.15, 0.2) is 18.3 Å². The number of rotatable bonds is 4. The maximum atomic E-state index is 9.17. The van der Waals surface area contributed by atoms with Crippen LogP contribution in [0.2, 0.25) is 0 Å². The van der Waals surface area contributed by atoms with E-state index in [4.69, 9.17) is 9.84 Å². The van der Waals surface area contributed by atoms with Crippen LogP contribution in [0.3, 0.4) is 0 Å². The molecular formula is C15H25N3O2. The first-order valence-corrected chi connectivity index (χ1v) is 7.15. The number of pyridine rings is 1. The van der Waals surface area contributed by atoms with Gasteiger partial charge < -0.3 is 20.1 Å². The zero-order chi connectivity index (χ0) is 14.6. The number of aromatic nitrogens is 1. The Bertz CT molecular complexity index is 414. The summed E-state index contributed by atoms with van der Waals surface area (Å²) >= 11 is 0. The van der Waals surface area contributed by atoms with Gasteiger partial charge in [-0.05, 0) is 32.4 Å². The largest absolute Gasteiger partial charge is 0.394 e. The number of anilines is 1. The Kier molecular flexibility index (Phi) is 4.96. The molecule has 0 saturated carbocycles. The third-order valence-electron chi connectivity index (χ3n) is 3.30. The van der Waals surface area contributed by atoms with Gasteiger partial charge in [0.25, 0.3) is 0 Å². The van der Waals surface area contributed by atoms with Crippen molar-refractivity contribution in [1.29, 1.82) is 0 Å². The van der Waals surface area contributed by atoms with E-state index in [-0.39, 0.29) is 18.2 Å². The van der Waals surface area contributed by atoms with Gasteiger partial charge >= 0.3 is 0 Å². The number of hydrogen-bond donors (Lipinski definition) is 2. The van der Waals surface area contributed by atoms with Crippen LogP contribution >= 0.6 is 0 Å². The summed E-state index contributed by atoms with van der Waals surface area (Å²) in [6.45, 7) is 9.49. The standard InChI is InChI=1S/C15H25N3O2/c1-15(2,3)17-9-12-4-5-14(16-8-12)18-6-7-20-13(10-18)11-19/h4-5,8,13,17,19H,6-7,9-11H2,1-3H3. The van der Waals surface area contributed by atoms with E-state index in [2.05, 4.69) is 42.0 Å². The highest BCUT2D eigenvalue weighted by atomic mass is 16.5. The van der Waals surface area contributed by atoms with Crippen LogP contribution in [0.1, 0.15) is 26.3 Å². The molecule has 2 rings (SSSR count). The summed E-state index contributed by atoms with van der Waals surface area (Å²) in [4.78, 5) is 6.68. The van der Waals surface area contributed by atoms with E-state index in [1.807, 2.05) is 12.3 Å². The Balaban J connectivity index is 1.94. The van der Waals surface area contributed by atoms with E-state index in [0.717, 1.165) is 18.9 Å². The molecule has 1 aliphatic rings. The van der Waals surface area contributed by atoms with Crippen molar-refractivity contribution in [3.05, 3.63) is 23.9 Å². The first kappa shape index (κ1) is 15.2. The van der Waals surface area contributed by atoms with Crippen molar-refractivity contribution in [3.63, 3.8) is 0 Å². The smallest absolute Gasteiger partial charge is 0.128 e. The molecular weight excluding hydrogens is 254 g/mol. The lowest BCUT2D eigenvalue weighted by Crippen LogP contribution is -2.44. The summed E-state index contributed by atoms with van der Waals surface area (Å²) in [5.41, 5.74) is 1.28. The van der Waals surface area contributed by atoms with Gasteiger partial charge in [0.1, 0.15) is 5.82 Å². The Labute approximate surface area is 121 Å². The van der Waals surface area contributed by atoms with E-state index in [9.17, 15) is 0 Å². The van der Waals surface area contributed by atoms with E-state index in [1.54, 1.807) is 0 Å². The van der Waals surface area contributed by atoms with Crippen LogP contribution in [-0.4, -0.2) is 48.0 Å². The Hall–Kier alpha value is -1.17. The van der Waals surface area contributed by atoms with Gasteiger partial charge in [-0.2, -0.15) is 0 Å². The molecule has 112 valence electrons. The van der Waals surface area contributed by atoms with Crippen LogP contribution in [0.4, 0.5) is 5.82 Å². The maximum absolute atomic E-state index is 9.17. The van der Waals surface area contributed by atoms with Crippen molar-refractivity contribution in [2.75, 3.05) is 31.2 Å². The molecule has 20 heavy (non-hydrogen) atoms. The summed E-state index contributed by atoms with van der Waals surface area (Å²) in [5.74, 6) is 0.950. The SMILES string of the molecule is CC(C)(C)NCc1ccc(N2CCOC(CO)C2)nc1. The third-order valence-corrected chi connectivity index (χ3v) is 3.30. The molecule has 2 heterocycles. The number of aliphatic hydroxyl groups excluding tert-OH is 1. The number of aliphatic hydroxyl groups is 1. The molecule has 2 N–H and O–H groups in total. The number of hydrogen-bond acceptors (Lipinski definition) is 5. The summed E-state index contributed by atoms with van der Waals surface area (Å²) in [7, 11) is 0. The second kappa shape index (κ2) is 6.52. The van der Waals surface area contributed by atoms with Crippen LogP contribution in [-0.2, 0) is 11.3 Å². The molecule has 0 bridgehead atoms. The van der Waals surface area contributed by atoms with Crippen LogP contribution in [0.25, 0.3) is 0 Å². The molecule has 1 atom stereocenters. The first-order valence-electron chi connectivity index (χ1n) is 7.15. The summed E-state index contributed by atoms with van der Waals surface area (Å²) in [5, 5.41) is 12.6. The van der Waals surface area contributed by atoms with Gasteiger partial charge in [-0.3, -0.25) is 0 Å². The predicted octanol–water partition coefficient (Wildman–Crippen LogP) is 1.17. The minimum atomic E-state index is -0.104. The highest BCUT2D eigenvalue weighted by molar-refractivity contribution is 5.40. The van der Waals surface area contributed by atoms with Crippen LogP contribution < -0.4 is 10.2 Å². The predicted molar refractivity (Wildman–Crippen MR) is 79.9 cm³/mol. The fraction of sp³-hybridized carbons (Fsp3) is 0.667. The minimum Gasteiger partial charge on any atom is -0.394 e. The third kappa shape index (κ3) is 4.44. The van der Waals surface area contributed by atoms with Crippen molar-refractivity contribution in [3.8, 4) is 0 Å². The fourth-order valence-electron chi connectivity index (χ4n) is 2.11. The number of ether oxygens (including phenoxy) is 1. The molecule has 5 nitrogen and oxygen atoms in total. The molecule has 1 fully saturated rings. The van der Waals surface area contributed by atoms with Gasteiger partial charge in [-0.1, -0.05) is 6.07 Å². The monoisotopic (exact) mass is 279 g/mol. The molecule has 0 aliphatic carbocycles. The van der Waals surface area contributed by atoms with Crippen molar-refractivity contribution in [2.45, 2.75) is 39.0 Å². The van der Waals surface area contributed by atoms with Gasteiger partial charge in [0, 0.05) is 31.4 Å². The molecule has 1 aliphatic heterocycles. The van der Waals surface area contributed by atoms with E-state index < -0.39 is 0 Å². The molecule has 0 radical (unpaired) electrons. The highest BCUT2D eigenvalue weighted by Crippen LogP contribution is 2.15. The molecule has 1 aromatic rings. The topological polar surface area (TPSA) is 57.6 Å². The van der Waals surface area contributed by atoms with Crippen molar-refractivity contribution in [2.24, 2.45) is 0 Å². The lowest BCUT2D eigenvalue weighted by atomic mass is 10.1. The summed E-state index contributed by atoms with van der Waals surface area (Å²) < 4.78 is 5.45. The summed E-state index contributed by atoms with van der Waals surface area (Å²) in [6, 6.07) is 4.14. The Morgan fingerprint density at radius 2 is 2.25 bits per heavy atom. The molecule has 0 aromatic carbocycles. The molecule has 0 amide bonds. The fourth-order valence-corrected chi connectivity index (χ4v) is 2.11. The number of nitrogens with one attached hydrogen (secondary N) is 1. The highest BCUT2D eigenvalue weighted by Gasteiger charge is 2.20. The molecule has 1 aromatic heterocycles. The van der Waals surface area contributed by atoms with Crippen molar-refractivity contribution < 1.29 is 9.84 Å². The Morgan fingerprint density at radius 1 is 1.45 bits per heavy atom. The maximum Gasteiger partial charge on any atom is 0.128 e. The van der Waals surface area contributed by atoms with Gasteiger partial charge in [0.05, 0.1) is 19.3 Å². The Morgan fingerprint density at radius 3 is 2.85 bits per heavy atom. The van der Waals surface area contributed by atoms with Crippen molar-refractivity contribution in [1.82, 2.24) is 10.3 Å². The number of nitrogens with zero attached hydrogens (tertiary/aromatic N) is 2.